The predicted molar refractivity (Wildman–Crippen MR) is 46.8 cm³/mol. The van der Waals surface area contributed by atoms with E-state index in [9.17, 15) is 0 Å². The summed E-state index contributed by atoms with van der Waals surface area (Å²) < 4.78 is 4.94. The molecule has 0 unspecified atom stereocenters. The number of nitrogens with zero attached hydrogens (tertiary/aromatic N) is 1. The van der Waals surface area contributed by atoms with Crippen LogP contribution in [0.25, 0.3) is 0 Å². The van der Waals surface area contributed by atoms with Gasteiger partial charge in [-0.05, 0) is 6.07 Å². The van der Waals surface area contributed by atoms with Gasteiger partial charge < -0.3 is 16.2 Å². The Hall–Kier alpha value is -1.13. The monoisotopic (exact) mass is 167 g/mol. The zero-order valence-corrected chi connectivity index (χ0v) is 7.03. The maximum Gasteiger partial charge on any atom is 0.213 e. The third-order valence-corrected chi connectivity index (χ3v) is 1.59. The summed E-state index contributed by atoms with van der Waals surface area (Å²) in [7, 11) is 1.57. The molecule has 0 aliphatic carbocycles. The van der Waals surface area contributed by atoms with Crippen molar-refractivity contribution < 1.29 is 4.74 Å². The van der Waals surface area contributed by atoms with E-state index in [1.165, 1.54) is 0 Å². The summed E-state index contributed by atoms with van der Waals surface area (Å²) in [5.74, 6) is 0.566. The van der Waals surface area contributed by atoms with Gasteiger partial charge in [-0.3, -0.25) is 0 Å². The van der Waals surface area contributed by atoms with Gasteiger partial charge in [-0.1, -0.05) is 6.07 Å². The van der Waals surface area contributed by atoms with Crippen LogP contribution in [0.3, 0.4) is 0 Å². The topological polar surface area (TPSA) is 74.2 Å². The lowest BCUT2D eigenvalue weighted by Gasteiger charge is -2.08. The highest BCUT2D eigenvalue weighted by Gasteiger charge is 2.04. The normalized spacial score (nSPS) is 12.6. The first kappa shape index (κ1) is 8.96. The van der Waals surface area contributed by atoms with Crippen LogP contribution in [0.5, 0.6) is 5.88 Å². The predicted octanol–water partition coefficient (Wildman–Crippen LogP) is 0.0487. The first-order chi connectivity index (χ1) is 5.77. The number of hydrogen-bond acceptors (Lipinski definition) is 4. The molecule has 1 aromatic rings. The van der Waals surface area contributed by atoms with Crippen molar-refractivity contribution in [1.29, 1.82) is 0 Å². The minimum Gasteiger partial charge on any atom is -0.481 e. The summed E-state index contributed by atoms with van der Waals surface area (Å²) in [5.41, 5.74) is 11.8. The van der Waals surface area contributed by atoms with Crippen LogP contribution in [0.2, 0.25) is 0 Å². The molecule has 0 aliphatic rings. The van der Waals surface area contributed by atoms with E-state index in [1.807, 2.05) is 12.1 Å². The molecule has 0 amide bonds. The van der Waals surface area contributed by atoms with Gasteiger partial charge in [0.2, 0.25) is 5.88 Å². The fourth-order valence-electron chi connectivity index (χ4n) is 0.872. The van der Waals surface area contributed by atoms with Crippen LogP contribution in [0, 0.1) is 0 Å². The molecule has 1 atom stereocenters. The van der Waals surface area contributed by atoms with Gasteiger partial charge in [-0.2, -0.15) is 0 Å². The van der Waals surface area contributed by atoms with Crippen LogP contribution in [0.1, 0.15) is 11.7 Å². The van der Waals surface area contributed by atoms with Crippen molar-refractivity contribution in [3.05, 3.63) is 23.9 Å². The number of aromatic nitrogens is 1. The average molecular weight is 167 g/mol. The van der Waals surface area contributed by atoms with Gasteiger partial charge in [-0.15, -0.1) is 0 Å². The Balaban J connectivity index is 2.86. The second kappa shape index (κ2) is 4.04. The van der Waals surface area contributed by atoms with Gasteiger partial charge in [0.15, 0.2) is 0 Å². The van der Waals surface area contributed by atoms with Gasteiger partial charge in [0.05, 0.1) is 18.8 Å². The van der Waals surface area contributed by atoms with Crippen LogP contribution in [-0.2, 0) is 0 Å². The van der Waals surface area contributed by atoms with Gasteiger partial charge in [0, 0.05) is 12.6 Å². The summed E-state index contributed by atoms with van der Waals surface area (Å²) in [5, 5.41) is 0. The fraction of sp³-hybridized carbons (Fsp3) is 0.375. The van der Waals surface area contributed by atoms with Crippen molar-refractivity contribution in [2.75, 3.05) is 13.7 Å². The zero-order valence-electron chi connectivity index (χ0n) is 7.03. The quantitative estimate of drug-likeness (QED) is 0.667. The van der Waals surface area contributed by atoms with E-state index in [0.717, 1.165) is 5.69 Å². The van der Waals surface area contributed by atoms with Gasteiger partial charge in [-0.25, -0.2) is 4.98 Å². The summed E-state index contributed by atoms with van der Waals surface area (Å²) in [4.78, 5) is 4.13. The molecule has 1 heterocycles. The second-order valence-electron chi connectivity index (χ2n) is 2.45. The van der Waals surface area contributed by atoms with Crippen LogP contribution >= 0.6 is 0 Å². The molecule has 0 fully saturated rings. The molecule has 4 heteroatoms. The van der Waals surface area contributed by atoms with Crippen molar-refractivity contribution in [3.63, 3.8) is 0 Å². The standard InChI is InChI=1S/C8H13N3O/c1-12-8-4-2-3-7(11-8)6(10)5-9/h2-4,6H,5,9-10H2,1H3/t6-/m1/s1. The Morgan fingerprint density at radius 1 is 1.58 bits per heavy atom. The molecule has 1 rings (SSSR count). The van der Waals surface area contributed by atoms with E-state index in [1.54, 1.807) is 13.2 Å². The van der Waals surface area contributed by atoms with E-state index in [2.05, 4.69) is 4.98 Å². The minimum absolute atomic E-state index is 0.208. The molecular weight excluding hydrogens is 154 g/mol. The summed E-state index contributed by atoms with van der Waals surface area (Å²) in [6.45, 7) is 0.389. The van der Waals surface area contributed by atoms with E-state index < -0.39 is 0 Å². The van der Waals surface area contributed by atoms with E-state index in [-0.39, 0.29) is 6.04 Å². The number of ether oxygens (including phenoxy) is 1. The first-order valence-electron chi connectivity index (χ1n) is 3.74. The number of hydrogen-bond donors (Lipinski definition) is 2. The van der Waals surface area contributed by atoms with Gasteiger partial charge in [0.25, 0.3) is 0 Å². The Bertz CT molecular complexity index is 252. The fourth-order valence-corrected chi connectivity index (χ4v) is 0.872. The molecule has 66 valence electrons. The maximum atomic E-state index is 5.67. The Morgan fingerprint density at radius 3 is 2.92 bits per heavy atom. The van der Waals surface area contributed by atoms with Crippen molar-refractivity contribution in [2.24, 2.45) is 11.5 Å². The van der Waals surface area contributed by atoms with Gasteiger partial charge >= 0.3 is 0 Å². The molecule has 12 heavy (non-hydrogen) atoms. The molecular formula is C8H13N3O. The van der Waals surface area contributed by atoms with Crippen molar-refractivity contribution in [1.82, 2.24) is 4.98 Å². The van der Waals surface area contributed by atoms with Crippen LogP contribution in [-0.4, -0.2) is 18.6 Å². The molecule has 1 aromatic heterocycles. The molecule has 0 aromatic carbocycles. The summed E-state index contributed by atoms with van der Waals surface area (Å²) in [6.07, 6.45) is 0. The minimum atomic E-state index is -0.208. The molecule has 4 nitrogen and oxygen atoms in total. The zero-order chi connectivity index (χ0) is 8.97. The van der Waals surface area contributed by atoms with Crippen LogP contribution in [0.4, 0.5) is 0 Å². The molecule has 0 radical (unpaired) electrons. The summed E-state index contributed by atoms with van der Waals surface area (Å²) in [6, 6.07) is 5.24. The largest absolute Gasteiger partial charge is 0.481 e. The third-order valence-electron chi connectivity index (χ3n) is 1.59. The SMILES string of the molecule is COc1cccc([C@H](N)CN)n1. The van der Waals surface area contributed by atoms with Crippen LogP contribution in [0.15, 0.2) is 18.2 Å². The lowest BCUT2D eigenvalue weighted by molar-refractivity contribution is 0.395. The van der Waals surface area contributed by atoms with E-state index in [0.29, 0.717) is 12.4 Å². The highest BCUT2D eigenvalue weighted by molar-refractivity contribution is 5.17. The number of rotatable bonds is 3. The lowest BCUT2D eigenvalue weighted by Crippen LogP contribution is -2.21. The molecule has 4 N–H and O–H groups in total. The molecule has 0 spiro atoms. The van der Waals surface area contributed by atoms with Crippen molar-refractivity contribution >= 4 is 0 Å². The number of pyridine rings is 1. The maximum absolute atomic E-state index is 5.67. The van der Waals surface area contributed by atoms with Crippen molar-refractivity contribution in [3.8, 4) is 5.88 Å². The molecule has 0 saturated heterocycles. The van der Waals surface area contributed by atoms with E-state index >= 15 is 0 Å². The molecule has 0 saturated carbocycles. The molecule has 0 bridgehead atoms. The average Bonchev–Trinajstić information content (AvgIpc) is 2.17. The van der Waals surface area contributed by atoms with Crippen molar-refractivity contribution in [2.45, 2.75) is 6.04 Å². The smallest absolute Gasteiger partial charge is 0.213 e. The highest BCUT2D eigenvalue weighted by atomic mass is 16.5. The number of nitrogens with two attached hydrogens (primary N) is 2. The Kier molecular flexibility index (Phi) is 3.01. The first-order valence-corrected chi connectivity index (χ1v) is 3.74. The number of methoxy groups -OCH3 is 1. The van der Waals surface area contributed by atoms with Gasteiger partial charge in [0.1, 0.15) is 0 Å². The van der Waals surface area contributed by atoms with Crippen LogP contribution < -0.4 is 16.2 Å². The Labute approximate surface area is 71.5 Å². The second-order valence-corrected chi connectivity index (χ2v) is 2.45. The van der Waals surface area contributed by atoms with E-state index in [4.69, 9.17) is 16.2 Å². The lowest BCUT2D eigenvalue weighted by atomic mass is 10.2. The molecule has 0 aliphatic heterocycles. The summed E-state index contributed by atoms with van der Waals surface area (Å²) >= 11 is 0. The third kappa shape index (κ3) is 1.93. The highest BCUT2D eigenvalue weighted by Crippen LogP contribution is 2.10. The Morgan fingerprint density at radius 2 is 2.33 bits per heavy atom.